The second kappa shape index (κ2) is 7.16. The SMILES string of the molecule is Cc1ccc(-c2nc(C)sc2CC(=O)Nc2cnc3c(c2)c(C)nn3C)cc1. The molecule has 0 fully saturated rings. The van der Waals surface area contributed by atoms with Crippen LogP contribution in [0.3, 0.4) is 0 Å². The van der Waals surface area contributed by atoms with Gasteiger partial charge in [-0.2, -0.15) is 5.10 Å². The lowest BCUT2D eigenvalue weighted by Crippen LogP contribution is -2.14. The number of anilines is 1. The first-order valence-electron chi connectivity index (χ1n) is 9.03. The summed E-state index contributed by atoms with van der Waals surface area (Å²) in [6.45, 7) is 5.95. The van der Waals surface area contributed by atoms with Crippen LogP contribution in [0.25, 0.3) is 22.3 Å². The van der Waals surface area contributed by atoms with Crippen LogP contribution in [0.15, 0.2) is 36.5 Å². The van der Waals surface area contributed by atoms with Crippen molar-refractivity contribution in [1.29, 1.82) is 0 Å². The van der Waals surface area contributed by atoms with Gasteiger partial charge in [0.05, 0.1) is 34.7 Å². The molecule has 3 aromatic heterocycles. The summed E-state index contributed by atoms with van der Waals surface area (Å²) in [6, 6.07) is 10.1. The molecular formula is C21H21N5OS. The minimum absolute atomic E-state index is 0.0836. The summed E-state index contributed by atoms with van der Waals surface area (Å²) in [7, 11) is 1.86. The van der Waals surface area contributed by atoms with Crippen molar-refractivity contribution in [3.63, 3.8) is 0 Å². The van der Waals surface area contributed by atoms with E-state index in [1.54, 1.807) is 22.2 Å². The standard InChI is InChI=1S/C21H21N5OS/c1-12-5-7-15(8-6-12)20-18(28-14(3)23-20)10-19(27)24-16-9-17-13(2)25-26(4)21(17)22-11-16/h5-9,11H,10H2,1-4H3,(H,24,27). The number of carbonyl (C=O) groups excluding carboxylic acids is 1. The number of aromatic nitrogens is 4. The number of nitrogens with zero attached hydrogens (tertiary/aromatic N) is 4. The topological polar surface area (TPSA) is 72.7 Å². The van der Waals surface area contributed by atoms with E-state index in [1.165, 1.54) is 5.56 Å². The molecule has 0 unspecified atom stereocenters. The van der Waals surface area contributed by atoms with Crippen LogP contribution in [-0.2, 0) is 18.3 Å². The monoisotopic (exact) mass is 391 g/mol. The van der Waals surface area contributed by atoms with E-state index in [2.05, 4.69) is 39.4 Å². The van der Waals surface area contributed by atoms with Crippen molar-refractivity contribution in [3.05, 3.63) is 57.7 Å². The number of rotatable bonds is 4. The van der Waals surface area contributed by atoms with Crippen molar-refractivity contribution < 1.29 is 4.79 Å². The fourth-order valence-corrected chi connectivity index (χ4v) is 4.21. The smallest absolute Gasteiger partial charge is 0.229 e. The summed E-state index contributed by atoms with van der Waals surface area (Å²) >= 11 is 1.56. The van der Waals surface area contributed by atoms with E-state index in [9.17, 15) is 4.79 Å². The molecule has 0 aliphatic rings. The summed E-state index contributed by atoms with van der Waals surface area (Å²) in [6.07, 6.45) is 1.94. The predicted octanol–water partition coefficient (Wildman–Crippen LogP) is 4.20. The first-order chi connectivity index (χ1) is 13.4. The molecule has 1 N–H and O–H groups in total. The summed E-state index contributed by atoms with van der Waals surface area (Å²) in [5.74, 6) is -0.0836. The number of hydrogen-bond donors (Lipinski definition) is 1. The number of aryl methyl sites for hydroxylation is 4. The van der Waals surface area contributed by atoms with E-state index < -0.39 is 0 Å². The minimum atomic E-state index is -0.0836. The Balaban J connectivity index is 1.56. The maximum absolute atomic E-state index is 12.7. The van der Waals surface area contributed by atoms with Gasteiger partial charge in [0.25, 0.3) is 0 Å². The molecule has 4 aromatic rings. The zero-order chi connectivity index (χ0) is 19.8. The van der Waals surface area contributed by atoms with Crippen LogP contribution < -0.4 is 5.32 Å². The average molecular weight is 392 g/mol. The average Bonchev–Trinajstić information content (AvgIpc) is 3.15. The quantitative estimate of drug-likeness (QED) is 0.566. The summed E-state index contributed by atoms with van der Waals surface area (Å²) in [5.41, 5.74) is 5.48. The Morgan fingerprint density at radius 2 is 1.93 bits per heavy atom. The third-order valence-electron chi connectivity index (χ3n) is 4.60. The van der Waals surface area contributed by atoms with Crippen LogP contribution in [-0.4, -0.2) is 25.7 Å². The first-order valence-corrected chi connectivity index (χ1v) is 9.85. The van der Waals surface area contributed by atoms with Crippen molar-refractivity contribution in [2.45, 2.75) is 27.2 Å². The molecule has 0 bridgehead atoms. The van der Waals surface area contributed by atoms with Gasteiger partial charge < -0.3 is 5.32 Å². The summed E-state index contributed by atoms with van der Waals surface area (Å²) < 4.78 is 1.74. The minimum Gasteiger partial charge on any atom is -0.324 e. The lowest BCUT2D eigenvalue weighted by molar-refractivity contribution is -0.115. The zero-order valence-corrected chi connectivity index (χ0v) is 17.1. The van der Waals surface area contributed by atoms with Crippen LogP contribution >= 0.6 is 11.3 Å². The molecule has 6 nitrogen and oxygen atoms in total. The van der Waals surface area contributed by atoms with Gasteiger partial charge in [0.2, 0.25) is 5.91 Å². The van der Waals surface area contributed by atoms with Crippen molar-refractivity contribution in [2.75, 3.05) is 5.32 Å². The van der Waals surface area contributed by atoms with Gasteiger partial charge in [0.15, 0.2) is 5.65 Å². The highest BCUT2D eigenvalue weighted by molar-refractivity contribution is 7.12. The second-order valence-electron chi connectivity index (χ2n) is 6.90. The van der Waals surface area contributed by atoms with Gasteiger partial charge in [-0.3, -0.25) is 9.48 Å². The highest BCUT2D eigenvalue weighted by Gasteiger charge is 2.16. The van der Waals surface area contributed by atoms with Crippen molar-refractivity contribution in [2.24, 2.45) is 7.05 Å². The molecule has 7 heteroatoms. The lowest BCUT2D eigenvalue weighted by atomic mass is 10.1. The molecule has 0 spiro atoms. The Morgan fingerprint density at radius 1 is 1.18 bits per heavy atom. The normalized spacial score (nSPS) is 11.1. The molecule has 142 valence electrons. The Bertz CT molecular complexity index is 1170. The summed E-state index contributed by atoms with van der Waals surface area (Å²) in [5, 5.41) is 9.21. The highest BCUT2D eigenvalue weighted by Crippen LogP contribution is 2.29. The van der Waals surface area contributed by atoms with E-state index in [-0.39, 0.29) is 12.3 Å². The Kier molecular flexibility index (Phi) is 4.68. The van der Waals surface area contributed by atoms with Gasteiger partial charge in [-0.05, 0) is 26.8 Å². The van der Waals surface area contributed by atoms with Crippen LogP contribution in [0.5, 0.6) is 0 Å². The van der Waals surface area contributed by atoms with Gasteiger partial charge >= 0.3 is 0 Å². The molecule has 0 aliphatic heterocycles. The zero-order valence-electron chi connectivity index (χ0n) is 16.3. The number of nitrogens with one attached hydrogen (secondary N) is 1. The van der Waals surface area contributed by atoms with Gasteiger partial charge in [-0.1, -0.05) is 29.8 Å². The predicted molar refractivity (Wildman–Crippen MR) is 113 cm³/mol. The largest absolute Gasteiger partial charge is 0.324 e. The van der Waals surface area contributed by atoms with E-state index in [4.69, 9.17) is 0 Å². The van der Waals surface area contributed by atoms with Crippen molar-refractivity contribution in [3.8, 4) is 11.3 Å². The number of hydrogen-bond acceptors (Lipinski definition) is 5. The molecule has 4 rings (SSSR count). The Labute approximate surface area is 167 Å². The number of thiazole rings is 1. The number of carbonyl (C=O) groups is 1. The van der Waals surface area contributed by atoms with Crippen molar-refractivity contribution in [1.82, 2.24) is 19.7 Å². The Morgan fingerprint density at radius 3 is 2.68 bits per heavy atom. The van der Waals surface area contributed by atoms with Gasteiger partial charge in [-0.15, -0.1) is 11.3 Å². The van der Waals surface area contributed by atoms with Crippen LogP contribution in [0.4, 0.5) is 5.69 Å². The molecule has 0 aliphatic carbocycles. The Hall–Kier alpha value is -3.06. The van der Waals surface area contributed by atoms with Gasteiger partial charge in [-0.25, -0.2) is 9.97 Å². The first kappa shape index (κ1) is 18.3. The molecule has 0 atom stereocenters. The number of fused-ring (bicyclic) bond motifs is 1. The molecular weight excluding hydrogens is 370 g/mol. The van der Waals surface area contributed by atoms with Crippen LogP contribution in [0.2, 0.25) is 0 Å². The third-order valence-corrected chi connectivity index (χ3v) is 5.57. The van der Waals surface area contributed by atoms with E-state index in [1.807, 2.05) is 39.1 Å². The van der Waals surface area contributed by atoms with Crippen molar-refractivity contribution >= 4 is 34.0 Å². The van der Waals surface area contributed by atoms with E-state index in [0.29, 0.717) is 5.69 Å². The lowest BCUT2D eigenvalue weighted by Gasteiger charge is -2.06. The molecule has 1 amide bonds. The summed E-state index contributed by atoms with van der Waals surface area (Å²) in [4.78, 5) is 22.7. The fraction of sp³-hybridized carbons (Fsp3) is 0.238. The highest BCUT2D eigenvalue weighted by atomic mass is 32.1. The van der Waals surface area contributed by atoms with Crippen LogP contribution in [0.1, 0.15) is 21.1 Å². The van der Waals surface area contributed by atoms with Gasteiger partial charge in [0, 0.05) is 22.9 Å². The van der Waals surface area contributed by atoms with E-state index in [0.717, 1.165) is 37.9 Å². The maximum atomic E-state index is 12.7. The van der Waals surface area contributed by atoms with Gasteiger partial charge in [0.1, 0.15) is 0 Å². The maximum Gasteiger partial charge on any atom is 0.229 e. The van der Waals surface area contributed by atoms with Crippen LogP contribution in [0, 0.1) is 20.8 Å². The fourth-order valence-electron chi connectivity index (χ4n) is 3.25. The number of benzene rings is 1. The number of pyridine rings is 1. The molecule has 3 heterocycles. The molecule has 0 saturated heterocycles. The third kappa shape index (κ3) is 3.53. The molecule has 0 saturated carbocycles. The molecule has 1 aromatic carbocycles. The second-order valence-corrected chi connectivity index (χ2v) is 8.19. The molecule has 0 radical (unpaired) electrons. The number of amides is 1. The molecule has 28 heavy (non-hydrogen) atoms. The van der Waals surface area contributed by atoms with E-state index >= 15 is 0 Å².